The molecule has 0 aliphatic carbocycles. The van der Waals surface area contributed by atoms with E-state index in [0.29, 0.717) is 22.8 Å². The Morgan fingerprint density at radius 3 is 1.39 bits per heavy atom. The van der Waals surface area contributed by atoms with Crippen LogP contribution in [-0.2, 0) is 22.7 Å². The molecule has 2 heterocycles. The molecule has 0 aliphatic heterocycles. The van der Waals surface area contributed by atoms with E-state index in [1.165, 1.54) is 9.36 Å². The minimum absolute atomic E-state index is 0.0245. The maximum Gasteiger partial charge on any atom is 0.246 e. The molecular weight excluding hydrogens is 456 g/mol. The number of benzene rings is 3. The van der Waals surface area contributed by atoms with Gasteiger partial charge in [-0.25, -0.2) is 9.36 Å². The lowest BCUT2D eigenvalue weighted by atomic mass is 10.2. The number of hydrogen-bond acceptors (Lipinski definition) is 6. The maximum atomic E-state index is 12.7. The van der Waals surface area contributed by atoms with Gasteiger partial charge in [-0.15, -0.1) is 10.2 Å². The van der Waals surface area contributed by atoms with Crippen molar-refractivity contribution in [2.75, 3.05) is 10.6 Å². The van der Waals surface area contributed by atoms with Gasteiger partial charge < -0.3 is 10.6 Å². The first-order valence-electron chi connectivity index (χ1n) is 11.2. The Morgan fingerprint density at radius 1 is 0.583 bits per heavy atom. The molecule has 10 nitrogen and oxygen atoms in total. The molecule has 0 radical (unpaired) electrons. The average Bonchev–Trinajstić information content (AvgIpc) is 3.56. The van der Waals surface area contributed by atoms with Gasteiger partial charge in [0.05, 0.1) is 23.8 Å². The number of hydrogen-bond donors (Lipinski definition) is 2. The smallest absolute Gasteiger partial charge is 0.246 e. The number of aromatic nitrogens is 6. The highest BCUT2D eigenvalue weighted by Crippen LogP contribution is 2.22. The summed E-state index contributed by atoms with van der Waals surface area (Å²) in [6, 6.07) is 26.2. The van der Waals surface area contributed by atoms with Crippen LogP contribution in [0.15, 0.2) is 97.3 Å². The second-order valence-corrected chi connectivity index (χ2v) is 7.98. The largest absolute Gasteiger partial charge is 0.323 e. The van der Waals surface area contributed by atoms with E-state index in [1.54, 1.807) is 36.7 Å². The minimum atomic E-state index is -0.301. The van der Waals surface area contributed by atoms with E-state index >= 15 is 0 Å². The van der Waals surface area contributed by atoms with Gasteiger partial charge in [-0.05, 0) is 12.1 Å². The van der Waals surface area contributed by atoms with Crippen molar-refractivity contribution < 1.29 is 9.59 Å². The Kier molecular flexibility index (Phi) is 6.57. The number of carbonyl (C=O) groups excluding carboxylic acids is 2. The first-order chi connectivity index (χ1) is 17.6. The quantitative estimate of drug-likeness (QED) is 0.352. The summed E-state index contributed by atoms with van der Waals surface area (Å²) in [6.07, 6.45) is 3.43. The summed E-state index contributed by atoms with van der Waals surface area (Å²) in [5.41, 5.74) is 4.14. The molecule has 36 heavy (non-hydrogen) atoms. The van der Waals surface area contributed by atoms with E-state index < -0.39 is 0 Å². The van der Waals surface area contributed by atoms with Crippen molar-refractivity contribution in [1.29, 1.82) is 0 Å². The normalized spacial score (nSPS) is 10.7. The minimum Gasteiger partial charge on any atom is -0.323 e. The molecule has 5 rings (SSSR count). The van der Waals surface area contributed by atoms with Crippen molar-refractivity contribution in [1.82, 2.24) is 30.0 Å². The number of nitrogens with one attached hydrogen (secondary N) is 2. The number of para-hydroxylation sites is 2. The lowest BCUT2D eigenvalue weighted by Gasteiger charge is -2.12. The van der Waals surface area contributed by atoms with Crippen LogP contribution in [0.1, 0.15) is 0 Å². The molecule has 10 heteroatoms. The van der Waals surface area contributed by atoms with Crippen LogP contribution in [0.25, 0.3) is 22.5 Å². The lowest BCUT2D eigenvalue weighted by Crippen LogP contribution is -2.22. The molecule has 0 unspecified atom stereocenters. The van der Waals surface area contributed by atoms with Gasteiger partial charge in [0.1, 0.15) is 24.5 Å². The molecule has 2 aromatic heterocycles. The molecule has 3 aromatic carbocycles. The van der Waals surface area contributed by atoms with E-state index in [1.807, 2.05) is 60.7 Å². The highest BCUT2D eigenvalue weighted by Gasteiger charge is 2.13. The van der Waals surface area contributed by atoms with Crippen molar-refractivity contribution in [3.8, 4) is 22.5 Å². The summed E-state index contributed by atoms with van der Waals surface area (Å²) in [5, 5.41) is 22.0. The fourth-order valence-corrected chi connectivity index (χ4v) is 3.61. The molecular formula is C26H22N8O2. The molecule has 178 valence electrons. The molecule has 0 saturated heterocycles. The summed E-state index contributed by atoms with van der Waals surface area (Å²) < 4.78 is 2.93. The van der Waals surface area contributed by atoms with Gasteiger partial charge in [0.25, 0.3) is 0 Å². The zero-order chi connectivity index (χ0) is 24.7. The fourth-order valence-electron chi connectivity index (χ4n) is 3.61. The van der Waals surface area contributed by atoms with Crippen molar-refractivity contribution in [3.05, 3.63) is 97.3 Å². The van der Waals surface area contributed by atoms with Gasteiger partial charge >= 0.3 is 0 Å². The van der Waals surface area contributed by atoms with Crippen LogP contribution in [0.5, 0.6) is 0 Å². The molecule has 0 atom stereocenters. The third kappa shape index (κ3) is 5.50. The van der Waals surface area contributed by atoms with Gasteiger partial charge in [0.15, 0.2) is 0 Å². The Labute approximate surface area is 206 Å². The predicted octanol–water partition coefficient (Wildman–Crippen LogP) is 3.48. The average molecular weight is 479 g/mol. The van der Waals surface area contributed by atoms with Crippen LogP contribution in [-0.4, -0.2) is 41.8 Å². The van der Waals surface area contributed by atoms with Crippen LogP contribution in [0, 0.1) is 0 Å². The fraction of sp³-hybridized carbons (Fsp3) is 0.0769. The van der Waals surface area contributed by atoms with Crippen molar-refractivity contribution in [2.45, 2.75) is 13.1 Å². The summed E-state index contributed by atoms with van der Waals surface area (Å²) in [6.45, 7) is -0.0489. The summed E-state index contributed by atoms with van der Waals surface area (Å²) in [7, 11) is 0. The number of rotatable bonds is 8. The van der Waals surface area contributed by atoms with Gasteiger partial charge in [-0.1, -0.05) is 83.2 Å². The maximum absolute atomic E-state index is 12.7. The molecule has 2 N–H and O–H groups in total. The molecule has 0 fully saturated rings. The first kappa shape index (κ1) is 22.7. The standard InChI is InChI=1S/C26H22N8O2/c35-25(17-33-15-23(29-31-33)19-9-3-1-4-10-19)27-21-13-7-8-14-22(21)28-26(36)18-34-16-24(30-32-34)20-11-5-2-6-12-20/h1-16H,17-18H2,(H,27,35)(H,28,36). The Hall–Kier alpha value is -5.12. The zero-order valence-corrected chi connectivity index (χ0v) is 19.2. The van der Waals surface area contributed by atoms with Crippen molar-refractivity contribution >= 4 is 23.2 Å². The van der Waals surface area contributed by atoms with Gasteiger partial charge in [-0.2, -0.15) is 0 Å². The Bertz CT molecular complexity index is 1370. The lowest BCUT2D eigenvalue weighted by molar-refractivity contribution is -0.117. The molecule has 0 bridgehead atoms. The van der Waals surface area contributed by atoms with Crippen LogP contribution in [0.4, 0.5) is 11.4 Å². The van der Waals surface area contributed by atoms with Crippen molar-refractivity contribution in [2.24, 2.45) is 0 Å². The van der Waals surface area contributed by atoms with Crippen LogP contribution in [0.3, 0.4) is 0 Å². The summed E-state index contributed by atoms with van der Waals surface area (Å²) in [5.74, 6) is -0.602. The Morgan fingerprint density at radius 2 is 0.972 bits per heavy atom. The second-order valence-electron chi connectivity index (χ2n) is 7.98. The number of carbonyl (C=O) groups is 2. The molecule has 0 aliphatic rings. The van der Waals surface area contributed by atoms with E-state index in [4.69, 9.17) is 0 Å². The third-order valence-electron chi connectivity index (χ3n) is 5.30. The number of nitrogens with zero attached hydrogens (tertiary/aromatic N) is 6. The number of anilines is 2. The third-order valence-corrected chi connectivity index (χ3v) is 5.30. The highest BCUT2D eigenvalue weighted by molar-refractivity contribution is 5.99. The van der Waals surface area contributed by atoms with E-state index in [-0.39, 0.29) is 24.9 Å². The Balaban J connectivity index is 1.20. The predicted molar refractivity (Wildman–Crippen MR) is 135 cm³/mol. The van der Waals surface area contributed by atoms with Gasteiger partial charge in [0.2, 0.25) is 11.8 Å². The second kappa shape index (κ2) is 10.4. The van der Waals surface area contributed by atoms with Crippen LogP contribution >= 0.6 is 0 Å². The SMILES string of the molecule is O=C(Cn1cc(-c2ccccc2)nn1)Nc1ccccc1NC(=O)Cn1cc(-c2ccccc2)nn1. The monoisotopic (exact) mass is 478 g/mol. The van der Waals surface area contributed by atoms with Crippen LogP contribution < -0.4 is 10.6 Å². The summed E-state index contributed by atoms with van der Waals surface area (Å²) >= 11 is 0. The van der Waals surface area contributed by atoms with Gasteiger partial charge in [-0.3, -0.25) is 9.59 Å². The zero-order valence-electron chi connectivity index (χ0n) is 19.2. The van der Waals surface area contributed by atoms with E-state index in [2.05, 4.69) is 31.3 Å². The topological polar surface area (TPSA) is 120 Å². The molecule has 2 amide bonds. The number of amides is 2. The first-order valence-corrected chi connectivity index (χ1v) is 11.2. The molecule has 0 saturated carbocycles. The molecule has 0 spiro atoms. The van der Waals surface area contributed by atoms with Crippen LogP contribution in [0.2, 0.25) is 0 Å². The van der Waals surface area contributed by atoms with Gasteiger partial charge in [0, 0.05) is 11.1 Å². The highest BCUT2D eigenvalue weighted by atomic mass is 16.2. The van der Waals surface area contributed by atoms with Crippen molar-refractivity contribution in [3.63, 3.8) is 0 Å². The van der Waals surface area contributed by atoms with E-state index in [0.717, 1.165) is 11.1 Å². The summed E-state index contributed by atoms with van der Waals surface area (Å²) in [4.78, 5) is 25.3. The van der Waals surface area contributed by atoms with E-state index in [9.17, 15) is 9.59 Å². The molecule has 5 aromatic rings.